The second kappa shape index (κ2) is 7.75. The van der Waals surface area contributed by atoms with Crippen LogP contribution >= 0.6 is 15.9 Å². The van der Waals surface area contributed by atoms with Crippen LogP contribution in [0.3, 0.4) is 0 Å². The molecule has 0 bridgehead atoms. The number of anilines is 2. The number of halogens is 1. The molecule has 2 aromatic carbocycles. The molecule has 0 aromatic heterocycles. The maximum atomic E-state index is 12.1. The molecule has 0 aliphatic rings. The smallest absolute Gasteiger partial charge is 0.341 e. The van der Waals surface area contributed by atoms with Crippen molar-refractivity contribution in [2.24, 2.45) is 0 Å². The van der Waals surface area contributed by atoms with Gasteiger partial charge in [0.15, 0.2) is 6.10 Å². The number of carbonyl (C=O) groups excluding carboxylic acids is 2. The number of carbonyl (C=O) groups is 2. The molecule has 2 aromatic rings. The fraction of sp³-hybridized carbons (Fsp3) is 0.125. The number of esters is 1. The number of hydrogen-bond donors (Lipinski definition) is 2. The monoisotopic (exact) mass is 407 g/mol. The zero-order valence-electron chi connectivity index (χ0n) is 13.1. The predicted molar refractivity (Wildman–Crippen MR) is 95.2 cm³/mol. The first-order chi connectivity index (χ1) is 11.8. The van der Waals surface area contributed by atoms with E-state index in [0.29, 0.717) is 5.69 Å². The lowest BCUT2D eigenvalue weighted by atomic mass is 10.1. The Balaban J connectivity index is 2.06. The van der Waals surface area contributed by atoms with Gasteiger partial charge in [-0.15, -0.1) is 0 Å². The summed E-state index contributed by atoms with van der Waals surface area (Å²) in [6, 6.07) is 10.3. The Hall–Kier alpha value is -2.94. The van der Waals surface area contributed by atoms with Gasteiger partial charge in [0.25, 0.3) is 11.6 Å². The van der Waals surface area contributed by atoms with E-state index < -0.39 is 22.9 Å². The number of nitro groups is 1. The van der Waals surface area contributed by atoms with Crippen LogP contribution in [-0.4, -0.2) is 22.9 Å². The van der Waals surface area contributed by atoms with Crippen molar-refractivity contribution in [2.45, 2.75) is 13.0 Å². The van der Waals surface area contributed by atoms with Crippen molar-refractivity contribution >= 4 is 44.9 Å². The highest BCUT2D eigenvalue weighted by Gasteiger charge is 2.22. The van der Waals surface area contributed by atoms with E-state index in [1.165, 1.54) is 19.1 Å². The van der Waals surface area contributed by atoms with E-state index in [1.54, 1.807) is 24.3 Å². The van der Waals surface area contributed by atoms with Crippen molar-refractivity contribution in [3.05, 3.63) is 62.6 Å². The first-order valence-electron chi connectivity index (χ1n) is 7.09. The molecule has 0 aliphatic carbocycles. The molecule has 8 nitrogen and oxygen atoms in total. The number of nitrogen functional groups attached to an aromatic ring is 1. The normalized spacial score (nSPS) is 11.4. The number of nitrogens with one attached hydrogen (secondary N) is 1. The number of benzene rings is 2. The average Bonchev–Trinajstić information content (AvgIpc) is 2.56. The Morgan fingerprint density at radius 2 is 1.88 bits per heavy atom. The highest BCUT2D eigenvalue weighted by atomic mass is 79.9. The summed E-state index contributed by atoms with van der Waals surface area (Å²) in [5.74, 6) is -1.46. The summed E-state index contributed by atoms with van der Waals surface area (Å²) < 4.78 is 5.90. The Bertz CT molecular complexity index is 823. The largest absolute Gasteiger partial charge is 0.449 e. The molecule has 0 radical (unpaired) electrons. The summed E-state index contributed by atoms with van der Waals surface area (Å²) in [7, 11) is 0. The number of rotatable bonds is 5. The molecule has 1 amide bonds. The minimum atomic E-state index is -1.12. The van der Waals surface area contributed by atoms with Crippen LogP contribution in [0.4, 0.5) is 17.1 Å². The second-order valence-electron chi connectivity index (χ2n) is 5.07. The molecule has 0 unspecified atom stereocenters. The molecule has 9 heteroatoms. The maximum absolute atomic E-state index is 12.1. The molecule has 0 saturated heterocycles. The number of ether oxygens (including phenoxy) is 1. The summed E-state index contributed by atoms with van der Waals surface area (Å²) in [4.78, 5) is 34.4. The van der Waals surface area contributed by atoms with Gasteiger partial charge in [-0.1, -0.05) is 15.9 Å². The summed E-state index contributed by atoms with van der Waals surface area (Å²) in [6.07, 6.45) is -1.12. The van der Waals surface area contributed by atoms with Crippen LogP contribution in [0.2, 0.25) is 0 Å². The molecular formula is C16H14BrN3O5. The van der Waals surface area contributed by atoms with Gasteiger partial charge in [-0.05, 0) is 37.3 Å². The standard InChI is InChI=1S/C16H14BrN3O5/c1-9(15(21)19-11-4-2-10(17)3-5-11)25-16(22)13-8-12(20(23)24)6-7-14(13)18/h2-9H,18H2,1H3,(H,19,21)/t9-/m0/s1. The SMILES string of the molecule is C[C@H](OC(=O)c1cc([N+](=O)[O-])ccc1N)C(=O)Nc1ccc(Br)cc1. The maximum Gasteiger partial charge on any atom is 0.341 e. The summed E-state index contributed by atoms with van der Waals surface area (Å²) >= 11 is 3.28. The number of non-ortho nitro benzene ring substituents is 1. The Labute approximate surface area is 151 Å². The molecule has 3 N–H and O–H groups in total. The van der Waals surface area contributed by atoms with Crippen LogP contribution in [0.1, 0.15) is 17.3 Å². The molecule has 25 heavy (non-hydrogen) atoms. The average molecular weight is 408 g/mol. The number of hydrogen-bond acceptors (Lipinski definition) is 6. The first kappa shape index (κ1) is 18.4. The van der Waals surface area contributed by atoms with E-state index in [9.17, 15) is 19.7 Å². The number of nitrogens with zero attached hydrogens (tertiary/aromatic N) is 1. The van der Waals surface area contributed by atoms with Crippen molar-refractivity contribution in [1.29, 1.82) is 0 Å². The van der Waals surface area contributed by atoms with E-state index >= 15 is 0 Å². The van der Waals surface area contributed by atoms with Crippen molar-refractivity contribution in [3.63, 3.8) is 0 Å². The van der Waals surface area contributed by atoms with Crippen molar-refractivity contribution in [3.8, 4) is 0 Å². The van der Waals surface area contributed by atoms with Crippen molar-refractivity contribution in [2.75, 3.05) is 11.1 Å². The third-order valence-electron chi connectivity index (χ3n) is 3.23. The van der Waals surface area contributed by atoms with Gasteiger partial charge in [0.05, 0.1) is 10.5 Å². The molecule has 1 atom stereocenters. The van der Waals surface area contributed by atoms with Crippen LogP contribution < -0.4 is 11.1 Å². The van der Waals surface area contributed by atoms with Gasteiger partial charge in [-0.25, -0.2) is 4.79 Å². The zero-order valence-corrected chi connectivity index (χ0v) is 14.6. The van der Waals surface area contributed by atoms with E-state index in [4.69, 9.17) is 10.5 Å². The molecule has 0 heterocycles. The van der Waals surface area contributed by atoms with Gasteiger partial charge in [0, 0.05) is 28.0 Å². The Kier molecular flexibility index (Phi) is 5.71. The zero-order chi connectivity index (χ0) is 18.6. The fourth-order valence-corrected chi connectivity index (χ4v) is 2.15. The van der Waals surface area contributed by atoms with E-state index in [0.717, 1.165) is 10.5 Å². The predicted octanol–water partition coefficient (Wildman–Crippen LogP) is 3.12. The minimum Gasteiger partial charge on any atom is -0.449 e. The van der Waals surface area contributed by atoms with Crippen LogP contribution in [0.5, 0.6) is 0 Å². The van der Waals surface area contributed by atoms with Gasteiger partial charge in [0.1, 0.15) is 0 Å². The van der Waals surface area contributed by atoms with Gasteiger partial charge >= 0.3 is 5.97 Å². The summed E-state index contributed by atoms with van der Waals surface area (Å²) in [5.41, 5.74) is 5.74. The molecule has 2 rings (SSSR count). The molecule has 0 aliphatic heterocycles. The first-order valence-corrected chi connectivity index (χ1v) is 7.88. The van der Waals surface area contributed by atoms with Crippen LogP contribution in [0.25, 0.3) is 0 Å². The molecule has 0 saturated carbocycles. The number of amides is 1. The third-order valence-corrected chi connectivity index (χ3v) is 3.76. The molecule has 0 fully saturated rings. The number of nitro benzene ring substituents is 1. The van der Waals surface area contributed by atoms with Crippen LogP contribution in [0.15, 0.2) is 46.9 Å². The lowest BCUT2D eigenvalue weighted by Gasteiger charge is -2.14. The number of nitrogens with two attached hydrogens (primary N) is 1. The highest BCUT2D eigenvalue weighted by molar-refractivity contribution is 9.10. The summed E-state index contributed by atoms with van der Waals surface area (Å²) in [6.45, 7) is 1.39. The van der Waals surface area contributed by atoms with Crippen molar-refractivity contribution in [1.82, 2.24) is 0 Å². The molecule has 130 valence electrons. The topological polar surface area (TPSA) is 125 Å². The summed E-state index contributed by atoms with van der Waals surface area (Å²) in [5, 5.41) is 13.4. The highest BCUT2D eigenvalue weighted by Crippen LogP contribution is 2.21. The van der Waals surface area contributed by atoms with Crippen LogP contribution in [0, 0.1) is 10.1 Å². The lowest BCUT2D eigenvalue weighted by molar-refractivity contribution is -0.384. The van der Waals surface area contributed by atoms with Gasteiger partial charge in [-0.3, -0.25) is 14.9 Å². The van der Waals surface area contributed by atoms with Crippen molar-refractivity contribution < 1.29 is 19.2 Å². The van der Waals surface area contributed by atoms with Gasteiger partial charge in [-0.2, -0.15) is 0 Å². The van der Waals surface area contributed by atoms with E-state index in [-0.39, 0.29) is 16.9 Å². The Morgan fingerprint density at radius 3 is 2.48 bits per heavy atom. The third kappa shape index (κ3) is 4.77. The lowest BCUT2D eigenvalue weighted by Crippen LogP contribution is -2.30. The Morgan fingerprint density at radius 1 is 1.24 bits per heavy atom. The quantitative estimate of drug-likeness (QED) is 0.339. The van der Waals surface area contributed by atoms with Gasteiger partial charge in [0.2, 0.25) is 0 Å². The van der Waals surface area contributed by atoms with E-state index in [1.807, 2.05) is 0 Å². The van der Waals surface area contributed by atoms with E-state index in [2.05, 4.69) is 21.2 Å². The van der Waals surface area contributed by atoms with Crippen LogP contribution in [-0.2, 0) is 9.53 Å². The molecule has 0 spiro atoms. The second-order valence-corrected chi connectivity index (χ2v) is 5.99. The molecular weight excluding hydrogens is 394 g/mol. The van der Waals surface area contributed by atoms with Gasteiger partial charge < -0.3 is 15.8 Å². The minimum absolute atomic E-state index is 0.0242. The fourth-order valence-electron chi connectivity index (χ4n) is 1.89.